The summed E-state index contributed by atoms with van der Waals surface area (Å²) >= 11 is 0. The average molecular weight is 321 g/mol. The van der Waals surface area contributed by atoms with Crippen LogP contribution in [-0.2, 0) is 4.79 Å². The Bertz CT molecular complexity index is 502. The van der Waals surface area contributed by atoms with Crippen LogP contribution in [0.15, 0.2) is 18.5 Å². The second kappa shape index (κ2) is 12.3. The van der Waals surface area contributed by atoms with Gasteiger partial charge in [0.25, 0.3) is 5.91 Å². The molecule has 0 fully saturated rings. The van der Waals surface area contributed by atoms with Crippen LogP contribution < -0.4 is 10.6 Å². The second-order valence-corrected chi connectivity index (χ2v) is 5.02. The molecule has 0 bridgehead atoms. The number of Topliss-reactive ketones (excluding diaryl/α,β-unsaturated/α-hetero) is 1. The molecule has 1 rings (SSSR count). The Morgan fingerprint density at radius 3 is 2.35 bits per heavy atom. The second-order valence-electron chi connectivity index (χ2n) is 5.02. The van der Waals surface area contributed by atoms with E-state index in [9.17, 15) is 14.4 Å². The maximum absolute atomic E-state index is 11.9. The largest absolute Gasteiger partial charge is 0.359 e. The summed E-state index contributed by atoms with van der Waals surface area (Å²) in [6, 6.07) is 1.57. The van der Waals surface area contributed by atoms with E-state index in [-0.39, 0.29) is 17.6 Å². The zero-order valence-corrected chi connectivity index (χ0v) is 14.4. The lowest BCUT2D eigenvalue weighted by Gasteiger charge is -2.07. The first kappa shape index (κ1) is 20.8. The number of unbranched alkanes of at least 4 members (excludes halogenated alkanes) is 1. The van der Waals surface area contributed by atoms with Crippen LogP contribution in [0.3, 0.4) is 0 Å². The summed E-state index contributed by atoms with van der Waals surface area (Å²) in [5.41, 5.74) is 0.834. The predicted molar refractivity (Wildman–Crippen MR) is 90.4 cm³/mol. The number of pyridine rings is 1. The highest BCUT2D eigenvalue weighted by molar-refractivity contribution is 6.00. The van der Waals surface area contributed by atoms with Crippen molar-refractivity contribution < 1.29 is 14.4 Å². The molecular weight excluding hydrogens is 294 g/mol. The molecule has 0 atom stereocenters. The molecule has 0 aromatic carbocycles. The Balaban J connectivity index is 0.00000232. The van der Waals surface area contributed by atoms with Crippen molar-refractivity contribution in [1.82, 2.24) is 15.6 Å². The lowest BCUT2D eigenvalue weighted by molar-refractivity contribution is -0.109. The van der Waals surface area contributed by atoms with Gasteiger partial charge in [-0.15, -0.1) is 0 Å². The summed E-state index contributed by atoms with van der Waals surface area (Å²) in [7, 11) is 0. The normalized spacial score (nSPS) is 9.61. The zero-order valence-electron chi connectivity index (χ0n) is 14.4. The standard InChI is InChI=1S/C15H21N3O3.C2H6/c1-11(2)14(20)12-7-13(9-17-8-12)15(21)18-6-4-3-5-16-10-19;1-2/h7-11H,3-6H2,1-2H3,(H,16,19)(H,18,21);1-2H3. The van der Waals surface area contributed by atoms with Gasteiger partial charge in [-0.1, -0.05) is 27.7 Å². The highest BCUT2D eigenvalue weighted by Crippen LogP contribution is 2.09. The molecule has 0 radical (unpaired) electrons. The molecule has 1 heterocycles. The Hall–Kier alpha value is -2.24. The summed E-state index contributed by atoms with van der Waals surface area (Å²) in [4.78, 5) is 37.8. The number of carbonyl (C=O) groups is 3. The lowest BCUT2D eigenvalue weighted by Crippen LogP contribution is -2.25. The van der Waals surface area contributed by atoms with Crippen molar-refractivity contribution >= 4 is 18.1 Å². The molecule has 0 aliphatic heterocycles. The summed E-state index contributed by atoms with van der Waals surface area (Å²) in [6.07, 6.45) is 5.14. The third-order valence-electron chi connectivity index (χ3n) is 2.93. The monoisotopic (exact) mass is 321 g/mol. The number of nitrogens with one attached hydrogen (secondary N) is 2. The van der Waals surface area contributed by atoms with E-state index in [0.717, 1.165) is 12.8 Å². The van der Waals surface area contributed by atoms with Crippen LogP contribution in [0.2, 0.25) is 0 Å². The smallest absolute Gasteiger partial charge is 0.252 e. The Morgan fingerprint density at radius 1 is 1.13 bits per heavy atom. The molecule has 6 nitrogen and oxygen atoms in total. The van der Waals surface area contributed by atoms with Crippen molar-refractivity contribution in [3.05, 3.63) is 29.6 Å². The number of hydrogen-bond donors (Lipinski definition) is 2. The van der Waals surface area contributed by atoms with E-state index in [1.54, 1.807) is 6.07 Å². The van der Waals surface area contributed by atoms with Gasteiger partial charge in [-0.3, -0.25) is 19.4 Å². The molecule has 2 amide bonds. The summed E-state index contributed by atoms with van der Waals surface area (Å²) < 4.78 is 0. The van der Waals surface area contributed by atoms with Crippen molar-refractivity contribution in [2.75, 3.05) is 13.1 Å². The minimum absolute atomic E-state index is 0.0305. The highest BCUT2D eigenvalue weighted by Gasteiger charge is 2.13. The Labute approximate surface area is 138 Å². The molecule has 1 aromatic heterocycles. The quantitative estimate of drug-likeness (QED) is 0.414. The van der Waals surface area contributed by atoms with E-state index in [1.165, 1.54) is 12.4 Å². The summed E-state index contributed by atoms with van der Waals surface area (Å²) in [5, 5.41) is 5.32. The molecule has 0 aliphatic carbocycles. The fourth-order valence-electron chi connectivity index (χ4n) is 1.75. The summed E-state index contributed by atoms with van der Waals surface area (Å²) in [6.45, 7) is 8.73. The number of rotatable bonds is 9. The third kappa shape index (κ3) is 8.09. The average Bonchev–Trinajstić information content (AvgIpc) is 2.58. The van der Waals surface area contributed by atoms with E-state index >= 15 is 0 Å². The van der Waals surface area contributed by atoms with Crippen molar-refractivity contribution in [1.29, 1.82) is 0 Å². The van der Waals surface area contributed by atoms with Crippen LogP contribution in [0.1, 0.15) is 61.3 Å². The molecule has 0 spiro atoms. The van der Waals surface area contributed by atoms with Crippen molar-refractivity contribution in [2.45, 2.75) is 40.5 Å². The van der Waals surface area contributed by atoms with Crippen molar-refractivity contribution in [3.63, 3.8) is 0 Å². The van der Waals surface area contributed by atoms with Crippen LogP contribution in [0.4, 0.5) is 0 Å². The van der Waals surface area contributed by atoms with E-state index in [2.05, 4.69) is 15.6 Å². The van der Waals surface area contributed by atoms with Crippen molar-refractivity contribution in [2.24, 2.45) is 5.92 Å². The molecule has 23 heavy (non-hydrogen) atoms. The predicted octanol–water partition coefficient (Wildman–Crippen LogP) is 2.20. The first-order valence-electron chi connectivity index (χ1n) is 8.00. The molecule has 0 saturated heterocycles. The molecule has 0 saturated carbocycles. The Morgan fingerprint density at radius 2 is 1.74 bits per heavy atom. The van der Waals surface area contributed by atoms with E-state index in [4.69, 9.17) is 0 Å². The number of hydrogen-bond acceptors (Lipinski definition) is 4. The number of amides is 2. The molecule has 0 aliphatic rings. The zero-order chi connectivity index (χ0) is 17.7. The van der Waals surface area contributed by atoms with Gasteiger partial charge in [0.15, 0.2) is 5.78 Å². The number of nitrogens with zero attached hydrogens (tertiary/aromatic N) is 1. The van der Waals surface area contributed by atoms with E-state index < -0.39 is 0 Å². The maximum Gasteiger partial charge on any atom is 0.252 e. The number of aromatic nitrogens is 1. The molecule has 2 N–H and O–H groups in total. The van der Waals surface area contributed by atoms with Crippen LogP contribution in [0, 0.1) is 5.92 Å². The van der Waals surface area contributed by atoms with Gasteiger partial charge in [0.1, 0.15) is 0 Å². The van der Waals surface area contributed by atoms with Crippen LogP contribution >= 0.6 is 0 Å². The van der Waals surface area contributed by atoms with Gasteiger partial charge in [-0.2, -0.15) is 0 Å². The minimum Gasteiger partial charge on any atom is -0.359 e. The van der Waals surface area contributed by atoms with Gasteiger partial charge in [0.2, 0.25) is 6.41 Å². The molecule has 6 heteroatoms. The van der Waals surface area contributed by atoms with Gasteiger partial charge < -0.3 is 10.6 Å². The van der Waals surface area contributed by atoms with Gasteiger partial charge in [0.05, 0.1) is 5.56 Å². The number of carbonyl (C=O) groups excluding carboxylic acids is 3. The van der Waals surface area contributed by atoms with Gasteiger partial charge in [-0.05, 0) is 18.9 Å². The maximum atomic E-state index is 11.9. The molecule has 1 aromatic rings. The first-order chi connectivity index (χ1) is 11.1. The fourth-order valence-corrected chi connectivity index (χ4v) is 1.75. The molecular formula is C17H27N3O3. The topological polar surface area (TPSA) is 88.2 Å². The third-order valence-corrected chi connectivity index (χ3v) is 2.93. The molecule has 128 valence electrons. The number of ketones is 1. The van der Waals surface area contributed by atoms with Gasteiger partial charge >= 0.3 is 0 Å². The SMILES string of the molecule is CC.CC(C)C(=O)c1cncc(C(=O)NCCCCNC=O)c1. The van der Waals surface area contributed by atoms with Gasteiger partial charge in [-0.25, -0.2) is 0 Å². The lowest BCUT2D eigenvalue weighted by atomic mass is 10.0. The summed E-state index contributed by atoms with van der Waals surface area (Å²) in [5.74, 6) is -0.406. The Kier molecular flexibility index (Phi) is 11.1. The van der Waals surface area contributed by atoms with Gasteiger partial charge in [0, 0.05) is 37.0 Å². The van der Waals surface area contributed by atoms with Crippen LogP contribution in [-0.4, -0.2) is 36.2 Å². The minimum atomic E-state index is -0.246. The highest BCUT2D eigenvalue weighted by atomic mass is 16.2. The van der Waals surface area contributed by atoms with Crippen LogP contribution in [0.25, 0.3) is 0 Å². The van der Waals surface area contributed by atoms with Crippen LogP contribution in [0.5, 0.6) is 0 Å². The van der Waals surface area contributed by atoms with Crippen molar-refractivity contribution in [3.8, 4) is 0 Å². The van der Waals surface area contributed by atoms with E-state index in [0.29, 0.717) is 30.6 Å². The fraction of sp³-hybridized carbons (Fsp3) is 0.529. The van der Waals surface area contributed by atoms with E-state index in [1.807, 2.05) is 27.7 Å². The molecule has 0 unspecified atom stereocenters. The first-order valence-corrected chi connectivity index (χ1v) is 8.00.